The molecule has 8 nitrogen and oxygen atoms in total. The molecular formula is C35H57N5O3Si2. The van der Waals surface area contributed by atoms with Gasteiger partial charge in [0.05, 0.1) is 17.9 Å². The van der Waals surface area contributed by atoms with E-state index in [1.807, 2.05) is 54.7 Å². The van der Waals surface area contributed by atoms with Crippen LogP contribution in [0.4, 0.5) is 0 Å². The van der Waals surface area contributed by atoms with Gasteiger partial charge in [0.25, 0.3) is 0 Å². The van der Waals surface area contributed by atoms with Crippen molar-refractivity contribution in [3.05, 3.63) is 84.7 Å². The first-order valence-electron chi connectivity index (χ1n) is 15.9. The van der Waals surface area contributed by atoms with Crippen molar-refractivity contribution < 1.29 is 17.1 Å². The van der Waals surface area contributed by atoms with Crippen LogP contribution < -0.4 is 5.32 Å². The Balaban J connectivity index is 0.000000454. The molecule has 2 heterocycles. The van der Waals surface area contributed by atoms with Gasteiger partial charge < -0.3 is 23.9 Å². The molecule has 1 N–H and O–H groups in total. The number of carbonyl (C=O) groups is 1. The molecule has 10 heteroatoms. The Morgan fingerprint density at radius 2 is 1.22 bits per heavy atom. The zero-order valence-corrected chi connectivity index (χ0v) is 30.5. The van der Waals surface area contributed by atoms with Crippen molar-refractivity contribution in [3.63, 3.8) is 0 Å². The van der Waals surface area contributed by atoms with Crippen LogP contribution in [0.1, 0.15) is 33.1 Å². The molecule has 45 heavy (non-hydrogen) atoms. The monoisotopic (exact) mass is 651 g/mol. The predicted octanol–water partition coefficient (Wildman–Crippen LogP) is 8.53. The summed E-state index contributed by atoms with van der Waals surface area (Å²) < 4.78 is 15.5. The van der Waals surface area contributed by atoms with Crippen molar-refractivity contribution >= 4 is 22.4 Å². The topological polar surface area (TPSA) is 83.2 Å². The van der Waals surface area contributed by atoms with Crippen molar-refractivity contribution in [2.24, 2.45) is 0 Å². The quantitative estimate of drug-likeness (QED) is 0.0743. The van der Waals surface area contributed by atoms with Gasteiger partial charge in [-0.15, -0.1) is 0 Å². The fourth-order valence-electron chi connectivity index (χ4n) is 4.21. The van der Waals surface area contributed by atoms with Gasteiger partial charge in [-0.25, -0.2) is 9.97 Å². The number of nitrogens with one attached hydrogen (secondary N) is 1. The van der Waals surface area contributed by atoms with E-state index in [0.717, 1.165) is 60.4 Å². The minimum absolute atomic E-state index is 0. The van der Waals surface area contributed by atoms with E-state index >= 15 is 0 Å². The van der Waals surface area contributed by atoms with E-state index in [9.17, 15) is 4.79 Å². The minimum atomic E-state index is -1.08. The number of imidazole rings is 2. The summed E-state index contributed by atoms with van der Waals surface area (Å²) in [5.41, 5.74) is 3.95. The van der Waals surface area contributed by atoms with Gasteiger partial charge in [0.15, 0.2) is 12.1 Å². The van der Waals surface area contributed by atoms with E-state index in [1.165, 1.54) is 6.04 Å². The summed E-state index contributed by atoms with van der Waals surface area (Å²) >= 11 is 0. The standard InChI is InChI=1S/C19H31N3OSi.C16H22N2O2Si.2H2/c1-16(2)20-13-19-21-18(17-9-7-6-8-10-17)14-22(19)15-23-11-12-24(3,4)5;1-21(2,3)10-9-20-13-18-11-15(17-16(18)12-19)14-7-5-4-6-8-14;;/h6-10,14,16,20H,11-13,15H2,1-5H3;4-8,11-12H,9-10,13H2,1-3H3;2*1H. The number of benzene rings is 2. The lowest BCUT2D eigenvalue weighted by Gasteiger charge is -2.16. The molecule has 2 aromatic carbocycles. The molecule has 0 aliphatic rings. The van der Waals surface area contributed by atoms with Crippen LogP contribution in [-0.4, -0.2) is 60.8 Å². The smallest absolute Gasteiger partial charge is 0.185 e. The van der Waals surface area contributed by atoms with Crippen molar-refractivity contribution in [1.29, 1.82) is 0 Å². The van der Waals surface area contributed by atoms with Crippen molar-refractivity contribution in [3.8, 4) is 22.5 Å². The summed E-state index contributed by atoms with van der Waals surface area (Å²) in [6.07, 6.45) is 4.74. The molecule has 0 bridgehead atoms. The van der Waals surface area contributed by atoms with Gasteiger partial charge >= 0.3 is 0 Å². The SMILES string of the molecule is CC(C)NCc1nc(-c2ccccc2)cn1COCC[Si](C)(C)C.C[Si](C)(C)CCOCn1cc(-c2ccccc2)nc1C=O.[HH].[HH]. The molecule has 248 valence electrons. The maximum atomic E-state index is 11.1. The Bertz CT molecular complexity index is 1440. The van der Waals surface area contributed by atoms with Crippen LogP contribution in [0.15, 0.2) is 73.1 Å². The molecular weight excluding hydrogens is 595 g/mol. The average Bonchev–Trinajstić information content (AvgIpc) is 3.61. The van der Waals surface area contributed by atoms with Crippen LogP contribution in [0.5, 0.6) is 0 Å². The molecule has 0 saturated heterocycles. The lowest BCUT2D eigenvalue weighted by molar-refractivity contribution is 0.0832. The fourth-order valence-corrected chi connectivity index (χ4v) is 5.72. The van der Waals surface area contributed by atoms with Crippen molar-refractivity contribution in [2.45, 2.75) is 91.3 Å². The molecule has 4 aromatic rings. The van der Waals surface area contributed by atoms with Crippen LogP contribution in [0, 0.1) is 0 Å². The summed E-state index contributed by atoms with van der Waals surface area (Å²) in [6, 6.07) is 22.9. The summed E-state index contributed by atoms with van der Waals surface area (Å²) in [5, 5.41) is 3.45. The summed E-state index contributed by atoms with van der Waals surface area (Å²) in [7, 11) is -2.13. The molecule has 0 unspecified atom stereocenters. The third-order valence-electron chi connectivity index (χ3n) is 7.03. The molecule has 0 aliphatic carbocycles. The number of rotatable bonds is 16. The molecule has 0 saturated carbocycles. The van der Waals surface area contributed by atoms with E-state index in [4.69, 9.17) is 14.5 Å². The number of aldehydes is 1. The molecule has 0 amide bonds. The van der Waals surface area contributed by atoms with E-state index < -0.39 is 16.1 Å². The first-order chi connectivity index (χ1) is 21.3. The summed E-state index contributed by atoms with van der Waals surface area (Å²) in [4.78, 5) is 20.3. The Kier molecular flexibility index (Phi) is 14.1. The Labute approximate surface area is 275 Å². The third-order valence-corrected chi connectivity index (χ3v) is 10.4. The Morgan fingerprint density at radius 1 is 0.756 bits per heavy atom. The molecule has 0 radical (unpaired) electrons. The van der Waals surface area contributed by atoms with Gasteiger partial charge in [-0.3, -0.25) is 4.79 Å². The summed E-state index contributed by atoms with van der Waals surface area (Å²) in [5.74, 6) is 1.43. The van der Waals surface area contributed by atoms with Crippen LogP contribution >= 0.6 is 0 Å². The molecule has 0 atom stereocenters. The number of ether oxygens (including phenoxy) is 2. The number of carbonyl (C=O) groups excluding carboxylic acids is 1. The van der Waals surface area contributed by atoms with E-state index in [1.54, 1.807) is 4.57 Å². The predicted molar refractivity (Wildman–Crippen MR) is 195 cm³/mol. The van der Waals surface area contributed by atoms with Gasteiger partial charge in [-0.05, 0) is 12.1 Å². The lowest BCUT2D eigenvalue weighted by atomic mass is 10.2. The van der Waals surface area contributed by atoms with E-state index in [0.29, 0.717) is 25.3 Å². The second kappa shape index (κ2) is 17.5. The van der Waals surface area contributed by atoms with Crippen molar-refractivity contribution in [2.75, 3.05) is 13.2 Å². The zero-order valence-electron chi connectivity index (χ0n) is 28.5. The number of hydrogen-bond acceptors (Lipinski definition) is 6. The zero-order chi connectivity index (χ0) is 32.9. The normalized spacial score (nSPS) is 11.8. The second-order valence-electron chi connectivity index (χ2n) is 14.0. The van der Waals surface area contributed by atoms with Gasteiger partial charge in [0.2, 0.25) is 0 Å². The third kappa shape index (κ3) is 13.4. The number of nitrogens with zero attached hydrogens (tertiary/aromatic N) is 4. The van der Waals surface area contributed by atoms with E-state index in [-0.39, 0.29) is 2.85 Å². The van der Waals surface area contributed by atoms with Gasteiger partial charge in [-0.2, -0.15) is 0 Å². The van der Waals surface area contributed by atoms with Gasteiger partial charge in [0.1, 0.15) is 19.3 Å². The number of hydrogen-bond donors (Lipinski definition) is 1. The molecule has 2 aromatic heterocycles. The van der Waals surface area contributed by atoms with Crippen LogP contribution in [-0.2, 0) is 29.5 Å². The molecule has 4 rings (SSSR count). The Hall–Kier alpha value is -3.16. The molecule has 0 aliphatic heterocycles. The largest absolute Gasteiger partial charge is 0.361 e. The van der Waals surface area contributed by atoms with Crippen LogP contribution in [0.2, 0.25) is 51.4 Å². The summed E-state index contributed by atoms with van der Waals surface area (Å²) in [6.45, 7) is 21.6. The van der Waals surface area contributed by atoms with Gasteiger partial charge in [-0.1, -0.05) is 114 Å². The highest BCUT2D eigenvalue weighted by atomic mass is 28.3. The highest BCUT2D eigenvalue weighted by Gasteiger charge is 2.15. The fraction of sp³-hybridized carbons (Fsp3) is 0.457. The average molecular weight is 652 g/mol. The first kappa shape index (κ1) is 36.3. The molecule has 0 fully saturated rings. The van der Waals surface area contributed by atoms with Crippen LogP contribution in [0.3, 0.4) is 0 Å². The first-order valence-corrected chi connectivity index (χ1v) is 23.3. The molecule has 0 spiro atoms. The van der Waals surface area contributed by atoms with Crippen LogP contribution in [0.25, 0.3) is 22.5 Å². The maximum absolute atomic E-state index is 11.1. The minimum Gasteiger partial charge on any atom is -0.361 e. The Morgan fingerprint density at radius 3 is 1.69 bits per heavy atom. The highest BCUT2D eigenvalue weighted by Crippen LogP contribution is 2.20. The van der Waals surface area contributed by atoms with Crippen molar-refractivity contribution in [1.82, 2.24) is 24.4 Å². The highest BCUT2D eigenvalue weighted by molar-refractivity contribution is 6.76. The number of aromatic nitrogens is 4. The van der Waals surface area contributed by atoms with E-state index in [2.05, 4.69) is 86.3 Å². The lowest BCUT2D eigenvalue weighted by Crippen LogP contribution is -2.25. The maximum Gasteiger partial charge on any atom is 0.185 e. The second-order valence-corrected chi connectivity index (χ2v) is 25.3. The van der Waals surface area contributed by atoms with Gasteiger partial charge in [0, 0.05) is 61.8 Å².